The van der Waals surface area contributed by atoms with E-state index in [-0.39, 0.29) is 22.0 Å². The Kier molecular flexibility index (Phi) is 6.49. The number of rotatable bonds is 6. The Morgan fingerprint density at radius 1 is 0.939 bits per heavy atom. The highest BCUT2D eigenvalue weighted by molar-refractivity contribution is 5.94. The Balaban J connectivity index is 1.68. The maximum Gasteiger partial charge on any atom is 0.336 e. The molecule has 6 nitrogen and oxygen atoms in total. The lowest BCUT2D eigenvalue weighted by Crippen LogP contribution is -2.29. The molecule has 0 unspecified atom stereocenters. The van der Waals surface area contributed by atoms with Crippen LogP contribution in [0.25, 0.3) is 23.3 Å². The van der Waals surface area contributed by atoms with Crippen molar-refractivity contribution in [1.82, 2.24) is 0 Å². The van der Waals surface area contributed by atoms with E-state index in [1.807, 2.05) is 4.90 Å². The fourth-order valence-corrected chi connectivity index (χ4v) is 4.10. The van der Waals surface area contributed by atoms with Gasteiger partial charge in [-0.3, -0.25) is 10.1 Å². The van der Waals surface area contributed by atoms with Crippen LogP contribution in [-0.4, -0.2) is 29.1 Å². The molecule has 7 heteroatoms. The van der Waals surface area contributed by atoms with Gasteiger partial charge in [-0.05, 0) is 71.8 Å². The van der Waals surface area contributed by atoms with Crippen LogP contribution in [0.15, 0.2) is 60.7 Å². The first-order valence-corrected chi connectivity index (χ1v) is 10.8. The van der Waals surface area contributed by atoms with Crippen molar-refractivity contribution in [1.29, 1.82) is 0 Å². The quantitative estimate of drug-likeness (QED) is 0.274. The minimum atomic E-state index is -1.08. The van der Waals surface area contributed by atoms with Crippen molar-refractivity contribution in [2.75, 3.05) is 18.0 Å². The molecular weight excluding hydrogens is 423 g/mol. The Morgan fingerprint density at radius 2 is 1.64 bits per heavy atom. The lowest BCUT2D eigenvalue weighted by Gasteiger charge is -2.28. The van der Waals surface area contributed by atoms with Gasteiger partial charge >= 0.3 is 5.97 Å². The van der Waals surface area contributed by atoms with E-state index in [1.54, 1.807) is 48.6 Å². The molecule has 0 aromatic heterocycles. The Hall–Kier alpha value is -4.00. The summed E-state index contributed by atoms with van der Waals surface area (Å²) < 4.78 is 13.3. The second-order valence-corrected chi connectivity index (χ2v) is 8.00. The third-order valence-corrected chi connectivity index (χ3v) is 5.81. The highest BCUT2D eigenvalue weighted by Crippen LogP contribution is 2.32. The number of carbonyl (C=O) groups is 1. The SMILES string of the molecule is O=C(O)c1ccc(-c2ccc(F)cc2)cc1C=Cc1ccc(N2CCCCC2)c([N+](=O)[O-])c1. The highest BCUT2D eigenvalue weighted by atomic mass is 19.1. The van der Waals surface area contributed by atoms with Crippen LogP contribution >= 0.6 is 0 Å². The second kappa shape index (κ2) is 9.65. The lowest BCUT2D eigenvalue weighted by atomic mass is 9.98. The standard InChI is InChI=1S/C26H23FN2O4/c27-22-10-7-19(8-11-22)20-9-12-23(26(30)31)21(17-20)6-4-18-5-13-24(25(16-18)29(32)33)28-14-2-1-3-15-28/h4-13,16-17H,1-3,14-15H2,(H,30,31). The van der Waals surface area contributed by atoms with E-state index >= 15 is 0 Å². The fraction of sp³-hybridized carbons (Fsp3) is 0.192. The van der Waals surface area contributed by atoms with Crippen molar-refractivity contribution in [3.63, 3.8) is 0 Å². The van der Waals surface area contributed by atoms with E-state index in [1.165, 1.54) is 24.3 Å². The van der Waals surface area contributed by atoms with Crippen LogP contribution in [0.4, 0.5) is 15.8 Å². The third-order valence-electron chi connectivity index (χ3n) is 5.81. The molecule has 1 aliphatic heterocycles. The molecule has 0 amide bonds. The molecule has 1 aliphatic rings. The second-order valence-electron chi connectivity index (χ2n) is 8.00. The summed E-state index contributed by atoms with van der Waals surface area (Å²) in [5, 5.41) is 21.3. The molecule has 0 aliphatic carbocycles. The van der Waals surface area contributed by atoms with Gasteiger partial charge in [0.1, 0.15) is 11.5 Å². The molecule has 3 aromatic rings. The van der Waals surface area contributed by atoms with Gasteiger partial charge < -0.3 is 10.0 Å². The Bertz CT molecular complexity index is 1220. The summed E-state index contributed by atoms with van der Waals surface area (Å²) in [5.74, 6) is -1.43. The highest BCUT2D eigenvalue weighted by Gasteiger charge is 2.21. The number of hydrogen-bond acceptors (Lipinski definition) is 4. The van der Waals surface area contributed by atoms with E-state index in [9.17, 15) is 24.4 Å². The number of anilines is 1. The van der Waals surface area contributed by atoms with Crippen molar-refractivity contribution in [2.24, 2.45) is 0 Å². The van der Waals surface area contributed by atoms with Crippen molar-refractivity contribution in [3.05, 3.63) is 93.3 Å². The zero-order chi connectivity index (χ0) is 23.4. The number of carboxylic acid groups (broad SMARTS) is 1. The summed E-state index contributed by atoms with van der Waals surface area (Å²) in [4.78, 5) is 25.1. The number of nitro groups is 1. The topological polar surface area (TPSA) is 83.7 Å². The molecule has 33 heavy (non-hydrogen) atoms. The molecule has 4 rings (SSSR count). The summed E-state index contributed by atoms with van der Waals surface area (Å²) in [6.45, 7) is 1.60. The van der Waals surface area contributed by atoms with Crippen molar-refractivity contribution in [2.45, 2.75) is 19.3 Å². The zero-order valence-corrected chi connectivity index (χ0v) is 17.9. The molecular formula is C26H23FN2O4. The van der Waals surface area contributed by atoms with Gasteiger partial charge in [0.2, 0.25) is 0 Å². The molecule has 1 N–H and O–H groups in total. The molecule has 1 saturated heterocycles. The normalized spacial score (nSPS) is 13.9. The van der Waals surface area contributed by atoms with Crippen LogP contribution < -0.4 is 4.90 Å². The maximum absolute atomic E-state index is 13.3. The van der Waals surface area contributed by atoms with Crippen LogP contribution in [0.2, 0.25) is 0 Å². The van der Waals surface area contributed by atoms with Crippen LogP contribution in [0.5, 0.6) is 0 Å². The van der Waals surface area contributed by atoms with Crippen LogP contribution in [0, 0.1) is 15.9 Å². The van der Waals surface area contributed by atoms with Crippen LogP contribution in [0.1, 0.15) is 40.7 Å². The third kappa shape index (κ3) is 5.09. The molecule has 0 bridgehead atoms. The zero-order valence-electron chi connectivity index (χ0n) is 17.9. The number of nitro benzene ring substituents is 1. The van der Waals surface area contributed by atoms with Gasteiger partial charge in [0, 0.05) is 19.2 Å². The Morgan fingerprint density at radius 3 is 2.30 bits per heavy atom. The summed E-state index contributed by atoms with van der Waals surface area (Å²) in [6.07, 6.45) is 6.47. The number of hydrogen-bond donors (Lipinski definition) is 1. The summed E-state index contributed by atoms with van der Waals surface area (Å²) in [6, 6.07) is 15.9. The van der Waals surface area contributed by atoms with E-state index in [4.69, 9.17) is 0 Å². The first kappa shape index (κ1) is 22.2. The largest absolute Gasteiger partial charge is 0.478 e. The number of aromatic carboxylic acids is 1. The van der Waals surface area contributed by atoms with Gasteiger partial charge in [-0.15, -0.1) is 0 Å². The molecule has 0 atom stereocenters. The molecule has 168 valence electrons. The number of benzene rings is 3. The average molecular weight is 446 g/mol. The molecule has 1 heterocycles. The van der Waals surface area contributed by atoms with Crippen molar-refractivity contribution < 1.29 is 19.2 Å². The van der Waals surface area contributed by atoms with Crippen molar-refractivity contribution >= 4 is 29.5 Å². The van der Waals surface area contributed by atoms with E-state index in [2.05, 4.69) is 0 Å². The summed E-state index contributed by atoms with van der Waals surface area (Å²) in [7, 11) is 0. The van der Waals surface area contributed by atoms with Gasteiger partial charge in [-0.2, -0.15) is 0 Å². The predicted molar refractivity (Wildman–Crippen MR) is 127 cm³/mol. The first-order chi connectivity index (χ1) is 15.9. The fourth-order valence-electron chi connectivity index (χ4n) is 4.10. The molecule has 1 fully saturated rings. The summed E-state index contributed by atoms with van der Waals surface area (Å²) >= 11 is 0. The average Bonchev–Trinajstić information content (AvgIpc) is 2.83. The predicted octanol–water partition coefficient (Wildman–Crippen LogP) is 6.26. The van der Waals surface area contributed by atoms with Gasteiger partial charge in [-0.1, -0.05) is 36.4 Å². The Labute approximate surface area is 190 Å². The number of carboxylic acids is 1. The minimum Gasteiger partial charge on any atom is -0.478 e. The number of piperidine rings is 1. The van der Waals surface area contributed by atoms with E-state index in [0.29, 0.717) is 16.8 Å². The minimum absolute atomic E-state index is 0.0394. The number of halogens is 1. The van der Waals surface area contributed by atoms with Gasteiger partial charge in [0.15, 0.2) is 0 Å². The molecule has 0 saturated carbocycles. The molecule has 0 spiro atoms. The van der Waals surface area contributed by atoms with E-state index < -0.39 is 5.97 Å². The molecule has 0 radical (unpaired) electrons. The van der Waals surface area contributed by atoms with Gasteiger partial charge in [0.25, 0.3) is 5.69 Å². The maximum atomic E-state index is 13.3. The first-order valence-electron chi connectivity index (χ1n) is 10.8. The van der Waals surface area contributed by atoms with Crippen molar-refractivity contribution in [3.8, 4) is 11.1 Å². The number of nitrogens with zero attached hydrogens (tertiary/aromatic N) is 2. The monoisotopic (exact) mass is 446 g/mol. The lowest BCUT2D eigenvalue weighted by molar-refractivity contribution is -0.384. The molecule has 3 aromatic carbocycles. The summed E-state index contributed by atoms with van der Waals surface area (Å²) in [5.41, 5.74) is 3.31. The van der Waals surface area contributed by atoms with E-state index in [0.717, 1.165) is 43.5 Å². The van der Waals surface area contributed by atoms with Gasteiger partial charge in [0.05, 0.1) is 10.5 Å². The van der Waals surface area contributed by atoms with Crippen LogP contribution in [0.3, 0.4) is 0 Å². The smallest absolute Gasteiger partial charge is 0.336 e. The van der Waals surface area contributed by atoms with Crippen LogP contribution in [-0.2, 0) is 0 Å². The van der Waals surface area contributed by atoms with Gasteiger partial charge in [-0.25, -0.2) is 9.18 Å².